The van der Waals surface area contributed by atoms with Gasteiger partial charge < -0.3 is 4.42 Å². The largest absolute Gasteiger partial charge is 0.408 e. The fraction of sp³-hybridized carbons (Fsp3) is 0.200. The van der Waals surface area contributed by atoms with E-state index in [0.29, 0.717) is 5.52 Å². The number of aryl methyl sites for hydroxylation is 2. The molecule has 0 spiro atoms. The van der Waals surface area contributed by atoms with Crippen LogP contribution in [-0.4, -0.2) is 4.98 Å². The summed E-state index contributed by atoms with van der Waals surface area (Å²) in [6, 6.07) is 2.83. The third kappa shape index (κ3) is 1.19. The number of aromatic nitrogens is 1. The first-order valence-corrected chi connectivity index (χ1v) is 4.16. The van der Waals surface area contributed by atoms with Gasteiger partial charge in [0.2, 0.25) is 0 Å². The first-order valence-electron chi connectivity index (χ1n) is 4.16. The maximum Gasteiger partial charge on any atom is 0.349 e. The predicted octanol–water partition coefficient (Wildman–Crippen LogP) is 1.94. The third-order valence-electron chi connectivity index (χ3n) is 2.04. The van der Waals surface area contributed by atoms with E-state index in [0.717, 1.165) is 5.56 Å². The lowest BCUT2D eigenvalue weighted by molar-refractivity contribution is 0.463. The van der Waals surface area contributed by atoms with Gasteiger partial charge in [0.05, 0.1) is 5.52 Å². The highest BCUT2D eigenvalue weighted by Crippen LogP contribution is 2.16. The van der Waals surface area contributed by atoms with E-state index in [-0.39, 0.29) is 11.3 Å². The minimum absolute atomic E-state index is 0.0735. The molecule has 0 atom stereocenters. The molecule has 2 rings (SSSR count). The van der Waals surface area contributed by atoms with Gasteiger partial charge in [-0.05, 0) is 18.6 Å². The van der Waals surface area contributed by atoms with E-state index in [2.05, 4.69) is 4.98 Å². The van der Waals surface area contributed by atoms with E-state index in [9.17, 15) is 9.18 Å². The standard InChI is InChI=1S/C10H8FNO2/c1-5-3-4-7(11)8-9(5)12-6(2)14-10(8)13/h3-4H,1-2H3. The number of rotatable bonds is 0. The average Bonchev–Trinajstić information content (AvgIpc) is 2.10. The van der Waals surface area contributed by atoms with Crippen molar-refractivity contribution in [3.8, 4) is 0 Å². The van der Waals surface area contributed by atoms with Crippen LogP contribution in [0.2, 0.25) is 0 Å². The second-order valence-electron chi connectivity index (χ2n) is 3.11. The normalized spacial score (nSPS) is 10.8. The first-order chi connectivity index (χ1) is 6.59. The van der Waals surface area contributed by atoms with Crippen molar-refractivity contribution in [2.24, 2.45) is 0 Å². The van der Waals surface area contributed by atoms with Crippen molar-refractivity contribution in [1.82, 2.24) is 4.98 Å². The smallest absolute Gasteiger partial charge is 0.349 e. The maximum absolute atomic E-state index is 13.3. The molecule has 14 heavy (non-hydrogen) atoms. The Morgan fingerprint density at radius 3 is 2.79 bits per heavy atom. The maximum atomic E-state index is 13.3. The van der Waals surface area contributed by atoms with E-state index in [1.54, 1.807) is 19.9 Å². The molecule has 0 bridgehead atoms. The van der Waals surface area contributed by atoms with Crippen LogP contribution in [0.5, 0.6) is 0 Å². The number of hydrogen-bond acceptors (Lipinski definition) is 3. The van der Waals surface area contributed by atoms with Crippen molar-refractivity contribution in [3.05, 3.63) is 39.8 Å². The summed E-state index contributed by atoms with van der Waals surface area (Å²) in [5, 5.41) is -0.0735. The lowest BCUT2D eigenvalue weighted by Crippen LogP contribution is -2.06. The lowest BCUT2D eigenvalue weighted by atomic mass is 10.1. The highest BCUT2D eigenvalue weighted by Gasteiger charge is 2.10. The molecule has 1 heterocycles. The number of fused-ring (bicyclic) bond motifs is 1. The molecule has 0 unspecified atom stereocenters. The van der Waals surface area contributed by atoms with Crippen LogP contribution in [0.3, 0.4) is 0 Å². The van der Waals surface area contributed by atoms with Crippen molar-refractivity contribution in [2.45, 2.75) is 13.8 Å². The van der Waals surface area contributed by atoms with E-state index >= 15 is 0 Å². The Hall–Kier alpha value is -1.71. The Morgan fingerprint density at radius 2 is 2.07 bits per heavy atom. The van der Waals surface area contributed by atoms with Crippen molar-refractivity contribution < 1.29 is 8.81 Å². The highest BCUT2D eigenvalue weighted by atomic mass is 19.1. The molecule has 0 saturated carbocycles. The van der Waals surface area contributed by atoms with Gasteiger partial charge in [-0.1, -0.05) is 6.07 Å². The van der Waals surface area contributed by atoms with Crippen molar-refractivity contribution in [1.29, 1.82) is 0 Å². The van der Waals surface area contributed by atoms with Gasteiger partial charge in [-0.3, -0.25) is 0 Å². The molecule has 0 radical (unpaired) electrons. The monoisotopic (exact) mass is 193 g/mol. The molecule has 0 saturated heterocycles. The first kappa shape index (κ1) is 8.87. The summed E-state index contributed by atoms with van der Waals surface area (Å²) in [4.78, 5) is 15.3. The molecule has 1 aromatic carbocycles. The molecule has 1 aromatic heterocycles. The molecule has 0 N–H and O–H groups in total. The molecule has 0 amide bonds. The SMILES string of the molecule is Cc1nc2c(C)ccc(F)c2c(=O)o1. The van der Waals surface area contributed by atoms with Gasteiger partial charge >= 0.3 is 5.63 Å². The van der Waals surface area contributed by atoms with E-state index in [4.69, 9.17) is 4.42 Å². The molecule has 0 aliphatic carbocycles. The second kappa shape index (κ2) is 2.90. The molecule has 72 valence electrons. The zero-order chi connectivity index (χ0) is 10.3. The van der Waals surface area contributed by atoms with Crippen LogP contribution in [0.25, 0.3) is 10.9 Å². The van der Waals surface area contributed by atoms with Crippen LogP contribution in [0.4, 0.5) is 4.39 Å². The number of nitrogens with zero attached hydrogens (tertiary/aromatic N) is 1. The molecule has 0 fully saturated rings. The zero-order valence-electron chi connectivity index (χ0n) is 7.80. The summed E-state index contributed by atoms with van der Waals surface area (Å²) in [7, 11) is 0. The summed E-state index contributed by atoms with van der Waals surface area (Å²) < 4.78 is 18.0. The molecule has 4 heteroatoms. The van der Waals surface area contributed by atoms with Crippen LogP contribution >= 0.6 is 0 Å². The van der Waals surface area contributed by atoms with Gasteiger partial charge in [0, 0.05) is 6.92 Å². The summed E-state index contributed by atoms with van der Waals surface area (Å²) >= 11 is 0. The van der Waals surface area contributed by atoms with E-state index < -0.39 is 11.4 Å². The van der Waals surface area contributed by atoms with Crippen LogP contribution in [-0.2, 0) is 0 Å². The Bertz CT molecular complexity index is 560. The summed E-state index contributed by atoms with van der Waals surface area (Å²) in [5.41, 5.74) is 0.463. The fourth-order valence-corrected chi connectivity index (χ4v) is 1.37. The summed E-state index contributed by atoms with van der Waals surface area (Å²) in [5.74, 6) is -0.344. The van der Waals surface area contributed by atoms with Gasteiger partial charge in [-0.25, -0.2) is 14.2 Å². The predicted molar refractivity (Wildman–Crippen MR) is 49.7 cm³/mol. The van der Waals surface area contributed by atoms with Gasteiger partial charge in [-0.2, -0.15) is 0 Å². The lowest BCUT2D eigenvalue weighted by Gasteiger charge is -2.01. The van der Waals surface area contributed by atoms with Gasteiger partial charge in [0.1, 0.15) is 11.2 Å². The van der Waals surface area contributed by atoms with Gasteiger partial charge in [-0.15, -0.1) is 0 Å². The molecular weight excluding hydrogens is 185 g/mol. The Kier molecular flexibility index (Phi) is 1.84. The van der Waals surface area contributed by atoms with Crippen molar-refractivity contribution in [2.75, 3.05) is 0 Å². The highest BCUT2D eigenvalue weighted by molar-refractivity contribution is 5.80. The van der Waals surface area contributed by atoms with Crippen molar-refractivity contribution >= 4 is 10.9 Å². The van der Waals surface area contributed by atoms with Crippen molar-refractivity contribution in [3.63, 3.8) is 0 Å². The fourth-order valence-electron chi connectivity index (χ4n) is 1.37. The summed E-state index contributed by atoms with van der Waals surface area (Å²) in [6.45, 7) is 3.33. The van der Waals surface area contributed by atoms with E-state index in [1.165, 1.54) is 6.07 Å². The third-order valence-corrected chi connectivity index (χ3v) is 2.04. The zero-order valence-corrected chi connectivity index (χ0v) is 7.80. The topological polar surface area (TPSA) is 43.1 Å². The van der Waals surface area contributed by atoms with Crippen LogP contribution in [0.15, 0.2) is 21.3 Å². The number of halogens is 1. The Labute approximate surface area is 79.2 Å². The van der Waals surface area contributed by atoms with Crippen LogP contribution < -0.4 is 5.63 Å². The molecule has 0 aliphatic rings. The molecule has 3 nitrogen and oxygen atoms in total. The van der Waals surface area contributed by atoms with Gasteiger partial charge in [0.15, 0.2) is 5.89 Å². The van der Waals surface area contributed by atoms with Gasteiger partial charge in [0.25, 0.3) is 0 Å². The average molecular weight is 193 g/mol. The van der Waals surface area contributed by atoms with Crippen LogP contribution in [0, 0.1) is 19.7 Å². The Balaban J connectivity index is 3.08. The van der Waals surface area contributed by atoms with Crippen LogP contribution in [0.1, 0.15) is 11.5 Å². The molecule has 0 aliphatic heterocycles. The minimum atomic E-state index is -0.673. The second-order valence-corrected chi connectivity index (χ2v) is 3.11. The van der Waals surface area contributed by atoms with E-state index in [1.807, 2.05) is 0 Å². The molecular formula is C10H8FNO2. The molecule has 2 aromatic rings. The quantitative estimate of drug-likeness (QED) is 0.642. The number of benzene rings is 1. The number of hydrogen-bond donors (Lipinski definition) is 0. The Morgan fingerprint density at radius 1 is 1.36 bits per heavy atom. The summed E-state index contributed by atoms with van der Waals surface area (Å²) in [6.07, 6.45) is 0. The minimum Gasteiger partial charge on any atom is -0.408 e.